The summed E-state index contributed by atoms with van der Waals surface area (Å²) in [7, 11) is 0. The molecule has 1 nitrogen and oxygen atoms in total. The van der Waals surface area contributed by atoms with Crippen LogP contribution >= 0.6 is 0 Å². The van der Waals surface area contributed by atoms with Crippen molar-refractivity contribution in [2.45, 2.75) is 32.2 Å². The maximum absolute atomic E-state index is 2.60. The first-order valence-electron chi connectivity index (χ1n) is 7.78. The van der Waals surface area contributed by atoms with Gasteiger partial charge in [-0.2, -0.15) is 0 Å². The lowest BCUT2D eigenvalue weighted by molar-refractivity contribution is 0.277. The van der Waals surface area contributed by atoms with Gasteiger partial charge < -0.3 is 0 Å². The first-order chi connectivity index (χ1) is 9.92. The van der Waals surface area contributed by atoms with E-state index in [1.807, 2.05) is 0 Å². The first-order valence-corrected chi connectivity index (χ1v) is 7.78. The van der Waals surface area contributed by atoms with E-state index in [0.29, 0.717) is 0 Å². The maximum atomic E-state index is 2.60. The van der Waals surface area contributed by atoms with E-state index in [4.69, 9.17) is 0 Å². The van der Waals surface area contributed by atoms with Gasteiger partial charge in [-0.1, -0.05) is 67.4 Å². The van der Waals surface area contributed by atoms with Crippen molar-refractivity contribution < 1.29 is 0 Å². The lowest BCUT2D eigenvalue weighted by Crippen LogP contribution is -2.23. The Bertz CT molecular complexity index is 507. The summed E-state index contributed by atoms with van der Waals surface area (Å²) in [6, 6.07) is 19.7. The minimum Gasteiger partial charge on any atom is -0.299 e. The largest absolute Gasteiger partial charge is 0.299 e. The third-order valence-corrected chi connectivity index (χ3v) is 4.17. The van der Waals surface area contributed by atoms with Crippen LogP contribution < -0.4 is 0 Å². The van der Waals surface area contributed by atoms with Crippen molar-refractivity contribution in [2.75, 3.05) is 13.1 Å². The van der Waals surface area contributed by atoms with Gasteiger partial charge in [0.1, 0.15) is 0 Å². The number of likely N-dealkylation sites (tertiary alicyclic amines) is 1. The van der Waals surface area contributed by atoms with Crippen LogP contribution in [-0.4, -0.2) is 18.0 Å². The predicted octanol–water partition coefficient (Wildman–Crippen LogP) is 4.73. The Kier molecular flexibility index (Phi) is 4.49. The molecule has 0 aromatic heterocycles. The highest BCUT2D eigenvalue weighted by Crippen LogP contribution is 2.20. The summed E-state index contributed by atoms with van der Waals surface area (Å²) in [5.74, 6) is 0. The first kappa shape index (κ1) is 13.4. The molecule has 2 aromatic carbocycles. The van der Waals surface area contributed by atoms with Gasteiger partial charge in [-0.15, -0.1) is 0 Å². The van der Waals surface area contributed by atoms with Gasteiger partial charge in [-0.3, -0.25) is 4.90 Å². The lowest BCUT2D eigenvalue weighted by Gasteiger charge is -2.19. The van der Waals surface area contributed by atoms with Crippen LogP contribution in [0, 0.1) is 0 Å². The fourth-order valence-corrected chi connectivity index (χ4v) is 2.99. The molecule has 0 saturated carbocycles. The minimum absolute atomic E-state index is 1.11. The van der Waals surface area contributed by atoms with Crippen molar-refractivity contribution >= 4 is 0 Å². The number of hydrogen-bond donors (Lipinski definition) is 0. The topological polar surface area (TPSA) is 3.24 Å². The second kappa shape index (κ2) is 6.71. The average Bonchev–Trinajstić information content (AvgIpc) is 2.78. The summed E-state index contributed by atoms with van der Waals surface area (Å²) in [6.07, 6.45) is 5.54. The molecule has 1 saturated heterocycles. The van der Waals surface area contributed by atoms with Gasteiger partial charge in [-0.25, -0.2) is 0 Å². The van der Waals surface area contributed by atoms with Crippen molar-refractivity contribution in [3.05, 3.63) is 60.2 Å². The monoisotopic (exact) mass is 265 g/mol. The Balaban J connectivity index is 1.67. The van der Waals surface area contributed by atoms with Crippen LogP contribution in [0.1, 0.15) is 31.2 Å². The molecule has 0 spiro atoms. The fraction of sp³-hybridized carbons (Fsp3) is 0.368. The van der Waals surface area contributed by atoms with E-state index in [1.165, 1.54) is 55.5 Å². The Labute approximate surface area is 122 Å². The van der Waals surface area contributed by atoms with Crippen molar-refractivity contribution in [3.8, 4) is 11.1 Å². The van der Waals surface area contributed by atoms with Gasteiger partial charge in [0.25, 0.3) is 0 Å². The van der Waals surface area contributed by atoms with Crippen LogP contribution in [0.25, 0.3) is 11.1 Å². The smallest absolute Gasteiger partial charge is 0.0233 e. The summed E-state index contributed by atoms with van der Waals surface area (Å²) in [6.45, 7) is 3.63. The Hall–Kier alpha value is -1.60. The minimum atomic E-state index is 1.11. The van der Waals surface area contributed by atoms with E-state index in [9.17, 15) is 0 Å². The molecule has 0 atom stereocenters. The molecule has 0 radical (unpaired) electrons. The summed E-state index contributed by atoms with van der Waals surface area (Å²) >= 11 is 0. The molecule has 0 unspecified atom stereocenters. The molecule has 1 heterocycles. The van der Waals surface area contributed by atoms with Gasteiger partial charge in [-0.05, 0) is 42.6 Å². The summed E-state index contributed by atoms with van der Waals surface area (Å²) in [5, 5.41) is 0. The Morgan fingerprint density at radius 1 is 0.650 bits per heavy atom. The Morgan fingerprint density at radius 2 is 1.25 bits per heavy atom. The van der Waals surface area contributed by atoms with Crippen LogP contribution in [0.2, 0.25) is 0 Å². The molecule has 1 aliphatic heterocycles. The predicted molar refractivity (Wildman–Crippen MR) is 85.6 cm³/mol. The molecular formula is C19H23N. The van der Waals surface area contributed by atoms with E-state index >= 15 is 0 Å². The molecule has 104 valence electrons. The molecule has 1 fully saturated rings. The molecule has 0 N–H and O–H groups in total. The van der Waals surface area contributed by atoms with Crippen LogP contribution in [0.3, 0.4) is 0 Å². The number of benzene rings is 2. The van der Waals surface area contributed by atoms with E-state index in [1.54, 1.807) is 0 Å². The van der Waals surface area contributed by atoms with Crippen molar-refractivity contribution in [1.82, 2.24) is 4.90 Å². The molecule has 3 rings (SSSR count). The summed E-state index contributed by atoms with van der Waals surface area (Å²) in [4.78, 5) is 2.60. The highest BCUT2D eigenvalue weighted by atomic mass is 15.1. The van der Waals surface area contributed by atoms with Crippen LogP contribution in [0.15, 0.2) is 54.6 Å². The van der Waals surface area contributed by atoms with Gasteiger partial charge in [0.2, 0.25) is 0 Å². The third-order valence-electron chi connectivity index (χ3n) is 4.17. The molecular weight excluding hydrogens is 242 g/mol. The zero-order valence-electron chi connectivity index (χ0n) is 12.1. The second-order valence-corrected chi connectivity index (χ2v) is 5.75. The van der Waals surface area contributed by atoms with Crippen LogP contribution in [0.4, 0.5) is 0 Å². The van der Waals surface area contributed by atoms with Gasteiger partial charge in [0.05, 0.1) is 0 Å². The summed E-state index contributed by atoms with van der Waals surface area (Å²) < 4.78 is 0. The standard InChI is InChI=1S/C19H23N/c1-2-7-15-20(14-6-1)16-17-10-12-19(13-11-17)18-8-4-3-5-9-18/h3-5,8-13H,1-2,6-7,14-16H2. The van der Waals surface area contributed by atoms with E-state index in [-0.39, 0.29) is 0 Å². The SMILES string of the molecule is c1ccc(-c2ccc(CN3CCCCCC3)cc2)cc1. The van der Waals surface area contributed by atoms with Gasteiger partial charge >= 0.3 is 0 Å². The van der Waals surface area contributed by atoms with Crippen molar-refractivity contribution in [2.24, 2.45) is 0 Å². The van der Waals surface area contributed by atoms with E-state index in [0.717, 1.165) is 6.54 Å². The third kappa shape index (κ3) is 3.49. The number of nitrogens with zero attached hydrogens (tertiary/aromatic N) is 1. The molecule has 0 amide bonds. The van der Waals surface area contributed by atoms with Gasteiger partial charge in [0.15, 0.2) is 0 Å². The van der Waals surface area contributed by atoms with Crippen molar-refractivity contribution in [3.63, 3.8) is 0 Å². The second-order valence-electron chi connectivity index (χ2n) is 5.75. The molecule has 1 aliphatic rings. The normalized spacial score (nSPS) is 16.8. The lowest BCUT2D eigenvalue weighted by atomic mass is 10.0. The number of rotatable bonds is 3. The highest BCUT2D eigenvalue weighted by Gasteiger charge is 2.09. The quantitative estimate of drug-likeness (QED) is 0.775. The molecule has 1 heteroatoms. The maximum Gasteiger partial charge on any atom is 0.0233 e. The van der Waals surface area contributed by atoms with Crippen molar-refractivity contribution in [1.29, 1.82) is 0 Å². The van der Waals surface area contributed by atoms with Gasteiger partial charge in [0, 0.05) is 6.54 Å². The Morgan fingerprint density at radius 3 is 1.90 bits per heavy atom. The zero-order valence-corrected chi connectivity index (χ0v) is 12.1. The fourth-order valence-electron chi connectivity index (χ4n) is 2.99. The average molecular weight is 265 g/mol. The van der Waals surface area contributed by atoms with Crippen LogP contribution in [-0.2, 0) is 6.54 Å². The summed E-state index contributed by atoms with van der Waals surface area (Å²) in [5.41, 5.74) is 4.05. The molecule has 0 aliphatic carbocycles. The molecule has 20 heavy (non-hydrogen) atoms. The van der Waals surface area contributed by atoms with Crippen LogP contribution in [0.5, 0.6) is 0 Å². The van der Waals surface area contributed by atoms with E-state index < -0.39 is 0 Å². The number of hydrogen-bond acceptors (Lipinski definition) is 1. The molecule has 2 aromatic rings. The van der Waals surface area contributed by atoms with E-state index in [2.05, 4.69) is 59.5 Å². The highest BCUT2D eigenvalue weighted by molar-refractivity contribution is 5.63. The molecule has 0 bridgehead atoms. The zero-order chi connectivity index (χ0) is 13.6.